The number of ether oxygens (including phenoxy) is 2. The van der Waals surface area contributed by atoms with E-state index >= 15 is 0 Å². The van der Waals surface area contributed by atoms with Crippen molar-refractivity contribution in [1.29, 1.82) is 0 Å². The van der Waals surface area contributed by atoms with E-state index < -0.39 is 0 Å². The highest BCUT2D eigenvalue weighted by Crippen LogP contribution is 2.34. The monoisotopic (exact) mass is 405 g/mol. The molecule has 0 bridgehead atoms. The van der Waals surface area contributed by atoms with Crippen LogP contribution in [0.4, 0.5) is 0 Å². The largest absolute Gasteiger partial charge is 0.454 e. The van der Waals surface area contributed by atoms with Crippen LogP contribution in [0.15, 0.2) is 16.9 Å². The third-order valence-electron chi connectivity index (χ3n) is 4.80. The van der Waals surface area contributed by atoms with E-state index in [4.69, 9.17) is 21.7 Å². The summed E-state index contributed by atoms with van der Waals surface area (Å²) in [6, 6.07) is 3.44. The van der Waals surface area contributed by atoms with Gasteiger partial charge < -0.3 is 19.8 Å². The van der Waals surface area contributed by atoms with Gasteiger partial charge in [0.15, 0.2) is 16.3 Å². The van der Waals surface area contributed by atoms with Crippen LogP contribution in [0.5, 0.6) is 11.5 Å². The fourth-order valence-corrected chi connectivity index (χ4v) is 3.45. The number of hydrogen-bond donors (Lipinski definition) is 2. The van der Waals surface area contributed by atoms with Gasteiger partial charge in [-0.3, -0.25) is 14.2 Å². The summed E-state index contributed by atoms with van der Waals surface area (Å²) in [5.41, 5.74) is 0.511. The van der Waals surface area contributed by atoms with Crippen molar-refractivity contribution >= 4 is 29.0 Å². The Hall–Kier alpha value is -2.35. The number of carbonyl (C=O) groups is 1. The number of benzene rings is 1. The molecule has 1 aromatic heterocycles. The van der Waals surface area contributed by atoms with E-state index in [1.807, 2.05) is 0 Å². The molecule has 2 N–H and O–H groups in total. The van der Waals surface area contributed by atoms with Crippen molar-refractivity contribution in [2.45, 2.75) is 52.5 Å². The molecule has 1 aliphatic heterocycles. The molecule has 0 unspecified atom stereocenters. The molecular weight excluding hydrogens is 378 g/mol. The molecule has 0 atom stereocenters. The Bertz CT molecular complexity index is 964. The lowest BCUT2D eigenvalue weighted by molar-refractivity contribution is -0.121. The summed E-state index contributed by atoms with van der Waals surface area (Å²) in [5, 5.41) is 3.47. The molecule has 0 radical (unpaired) electrons. The topological polar surface area (TPSA) is 85.4 Å². The van der Waals surface area contributed by atoms with Crippen molar-refractivity contribution in [2.24, 2.45) is 5.92 Å². The van der Waals surface area contributed by atoms with Gasteiger partial charge in [-0.2, -0.15) is 0 Å². The molecule has 0 spiro atoms. The third-order valence-corrected chi connectivity index (χ3v) is 5.13. The number of nitrogens with one attached hydrogen (secondary N) is 2. The van der Waals surface area contributed by atoms with Crippen LogP contribution in [0.2, 0.25) is 0 Å². The lowest BCUT2D eigenvalue weighted by atomic mass is 10.1. The number of carbonyl (C=O) groups excluding carboxylic acids is 1. The number of amides is 1. The number of fused-ring (bicyclic) bond motifs is 2. The minimum absolute atomic E-state index is 0.0943. The average molecular weight is 406 g/mol. The maximum atomic E-state index is 12.8. The molecule has 8 heteroatoms. The van der Waals surface area contributed by atoms with Gasteiger partial charge in [0.25, 0.3) is 5.56 Å². The summed E-state index contributed by atoms with van der Waals surface area (Å²) < 4.78 is 12.7. The molecule has 0 aliphatic carbocycles. The van der Waals surface area contributed by atoms with Crippen molar-refractivity contribution in [2.75, 3.05) is 13.3 Å². The Kier molecular flexibility index (Phi) is 6.72. The van der Waals surface area contributed by atoms with E-state index in [-0.39, 0.29) is 18.3 Å². The molecule has 28 heavy (non-hydrogen) atoms. The highest BCUT2D eigenvalue weighted by molar-refractivity contribution is 7.71. The normalized spacial score (nSPS) is 12.7. The van der Waals surface area contributed by atoms with Crippen molar-refractivity contribution < 1.29 is 14.3 Å². The van der Waals surface area contributed by atoms with Gasteiger partial charge in [-0.15, -0.1) is 0 Å². The Morgan fingerprint density at radius 1 is 1.25 bits per heavy atom. The van der Waals surface area contributed by atoms with E-state index in [0.29, 0.717) is 46.1 Å². The molecule has 1 aromatic carbocycles. The second kappa shape index (κ2) is 9.23. The zero-order chi connectivity index (χ0) is 20.1. The number of rotatable bonds is 9. The molecule has 1 aliphatic rings. The standard InChI is InChI=1S/C20H27N3O4S/c1-13(2)7-8-21-18(24)6-4-3-5-9-23-19(25)14-10-16-17(27-12-26-16)11-15(14)22-20(23)28/h10-11,13H,3-9,12H2,1-2H3,(H,21,24)(H,22,28). The minimum Gasteiger partial charge on any atom is -0.454 e. The smallest absolute Gasteiger partial charge is 0.262 e. The van der Waals surface area contributed by atoms with Gasteiger partial charge in [-0.25, -0.2) is 0 Å². The van der Waals surface area contributed by atoms with E-state index in [1.165, 1.54) is 0 Å². The molecule has 3 rings (SSSR count). The maximum absolute atomic E-state index is 12.8. The summed E-state index contributed by atoms with van der Waals surface area (Å²) >= 11 is 5.35. The predicted molar refractivity (Wildman–Crippen MR) is 110 cm³/mol. The number of aromatic amines is 1. The number of H-pyrrole nitrogens is 1. The molecule has 2 heterocycles. The van der Waals surface area contributed by atoms with Crippen molar-refractivity contribution in [1.82, 2.24) is 14.9 Å². The Labute approximate surface area is 169 Å². The number of hydrogen-bond acceptors (Lipinski definition) is 5. The van der Waals surface area contributed by atoms with Crippen LogP contribution in [0.3, 0.4) is 0 Å². The predicted octanol–water partition coefficient (Wildman–Crippen LogP) is 3.51. The van der Waals surface area contributed by atoms with Crippen molar-refractivity contribution in [3.63, 3.8) is 0 Å². The minimum atomic E-state index is -0.136. The fourth-order valence-electron chi connectivity index (χ4n) is 3.17. The summed E-state index contributed by atoms with van der Waals surface area (Å²) in [6.07, 6.45) is 3.95. The zero-order valence-electron chi connectivity index (χ0n) is 16.4. The van der Waals surface area contributed by atoms with Gasteiger partial charge in [0.1, 0.15) is 0 Å². The molecule has 1 amide bonds. The molecule has 0 saturated carbocycles. The third kappa shape index (κ3) is 4.92. The number of unbranched alkanes of at least 4 members (excludes halogenated alkanes) is 2. The van der Waals surface area contributed by atoms with Gasteiger partial charge in [0, 0.05) is 25.6 Å². The highest BCUT2D eigenvalue weighted by atomic mass is 32.1. The van der Waals surface area contributed by atoms with Crippen molar-refractivity contribution in [3.8, 4) is 11.5 Å². The van der Waals surface area contributed by atoms with Gasteiger partial charge in [-0.1, -0.05) is 20.3 Å². The van der Waals surface area contributed by atoms with Gasteiger partial charge in [-0.05, 0) is 43.5 Å². The van der Waals surface area contributed by atoms with Crippen LogP contribution in [0, 0.1) is 10.7 Å². The lowest BCUT2D eigenvalue weighted by Crippen LogP contribution is -2.25. The number of nitrogens with zero attached hydrogens (tertiary/aromatic N) is 1. The van der Waals surface area contributed by atoms with Crippen LogP contribution >= 0.6 is 12.2 Å². The van der Waals surface area contributed by atoms with Crippen LogP contribution in [-0.2, 0) is 11.3 Å². The van der Waals surface area contributed by atoms with E-state index in [0.717, 1.165) is 32.2 Å². The lowest BCUT2D eigenvalue weighted by Gasteiger charge is -2.09. The number of aromatic nitrogens is 2. The first-order valence-corrected chi connectivity index (χ1v) is 10.2. The molecular formula is C20H27N3O4S. The molecule has 0 saturated heterocycles. The summed E-state index contributed by atoms with van der Waals surface area (Å²) in [4.78, 5) is 27.7. The van der Waals surface area contributed by atoms with Crippen LogP contribution < -0.4 is 20.3 Å². The quantitative estimate of drug-likeness (QED) is 0.493. The van der Waals surface area contributed by atoms with E-state index in [1.54, 1.807) is 16.7 Å². The van der Waals surface area contributed by atoms with E-state index in [2.05, 4.69) is 24.1 Å². The van der Waals surface area contributed by atoms with Gasteiger partial charge in [0.05, 0.1) is 10.9 Å². The first-order valence-electron chi connectivity index (χ1n) is 9.79. The second-order valence-electron chi connectivity index (χ2n) is 7.48. The molecule has 2 aromatic rings. The Balaban J connectivity index is 1.54. The highest BCUT2D eigenvalue weighted by Gasteiger charge is 2.17. The first kappa shape index (κ1) is 20.4. The maximum Gasteiger partial charge on any atom is 0.262 e. The molecule has 7 nitrogen and oxygen atoms in total. The molecule has 0 fully saturated rings. The Morgan fingerprint density at radius 3 is 2.75 bits per heavy atom. The van der Waals surface area contributed by atoms with Crippen LogP contribution in [-0.4, -0.2) is 28.8 Å². The summed E-state index contributed by atoms with van der Waals surface area (Å²) in [5.74, 6) is 1.87. The van der Waals surface area contributed by atoms with E-state index in [9.17, 15) is 9.59 Å². The summed E-state index contributed by atoms with van der Waals surface area (Å²) in [7, 11) is 0. The zero-order valence-corrected chi connectivity index (χ0v) is 17.2. The van der Waals surface area contributed by atoms with Crippen molar-refractivity contribution in [3.05, 3.63) is 27.3 Å². The second-order valence-corrected chi connectivity index (χ2v) is 7.87. The van der Waals surface area contributed by atoms with Gasteiger partial charge in [0.2, 0.25) is 12.7 Å². The fraction of sp³-hybridized carbons (Fsp3) is 0.550. The van der Waals surface area contributed by atoms with Crippen LogP contribution in [0.1, 0.15) is 46.0 Å². The van der Waals surface area contributed by atoms with Crippen LogP contribution in [0.25, 0.3) is 10.9 Å². The summed E-state index contributed by atoms with van der Waals surface area (Å²) in [6.45, 7) is 5.69. The molecule has 152 valence electrons. The Morgan fingerprint density at radius 2 is 2.00 bits per heavy atom. The van der Waals surface area contributed by atoms with Gasteiger partial charge >= 0.3 is 0 Å². The average Bonchev–Trinajstić information content (AvgIpc) is 3.09. The SMILES string of the molecule is CC(C)CCNC(=O)CCCCCn1c(=S)[nH]c2cc3c(cc2c1=O)OCO3. The first-order chi connectivity index (χ1) is 13.5.